The lowest BCUT2D eigenvalue weighted by Crippen LogP contribution is -2.27. The molecule has 7 nitrogen and oxygen atoms in total. The van der Waals surface area contributed by atoms with Gasteiger partial charge in [0.05, 0.1) is 18.2 Å². The first kappa shape index (κ1) is 16.0. The van der Waals surface area contributed by atoms with Gasteiger partial charge in [-0.05, 0) is 19.8 Å². The zero-order chi connectivity index (χ0) is 17.6. The molecule has 0 radical (unpaired) electrons. The number of methoxy groups -OCH3 is 1. The first-order valence-corrected chi connectivity index (χ1v) is 7.46. The SMILES string of the molecule is COC1=CC(=O)c2c(O)c3c(c(O)c2C1=O)OC(CC(C)=O)CC3. The van der Waals surface area contributed by atoms with Crippen LogP contribution in [0.1, 0.15) is 46.0 Å². The van der Waals surface area contributed by atoms with E-state index in [1.807, 2.05) is 0 Å². The lowest BCUT2D eigenvalue weighted by molar-refractivity contribution is -0.118. The second-order valence-electron chi connectivity index (χ2n) is 5.85. The van der Waals surface area contributed by atoms with Gasteiger partial charge in [0, 0.05) is 18.1 Å². The quantitative estimate of drug-likeness (QED) is 0.810. The van der Waals surface area contributed by atoms with Crippen LogP contribution in [0.25, 0.3) is 0 Å². The number of carbonyl (C=O) groups excluding carboxylic acids is 3. The van der Waals surface area contributed by atoms with Gasteiger partial charge in [-0.25, -0.2) is 0 Å². The molecule has 0 aromatic heterocycles. The molecule has 0 spiro atoms. The molecule has 1 aliphatic heterocycles. The van der Waals surface area contributed by atoms with Crippen molar-refractivity contribution < 1.29 is 34.1 Å². The van der Waals surface area contributed by atoms with Crippen molar-refractivity contribution >= 4 is 17.3 Å². The molecule has 1 unspecified atom stereocenters. The largest absolute Gasteiger partial charge is 0.507 e. The standard InChI is InChI=1S/C17H16O7/c1-7(18)5-8-3-4-9-14(20)12-10(19)6-11(23-2)15(21)13(12)16(22)17(9)24-8/h6,8,20,22H,3-5H2,1-2H3. The highest BCUT2D eigenvalue weighted by Gasteiger charge is 2.38. The number of benzene rings is 1. The van der Waals surface area contributed by atoms with Crippen LogP contribution in [0.4, 0.5) is 0 Å². The number of hydrogen-bond acceptors (Lipinski definition) is 7. The van der Waals surface area contributed by atoms with Gasteiger partial charge in [0.1, 0.15) is 17.6 Å². The van der Waals surface area contributed by atoms with Gasteiger partial charge < -0.3 is 19.7 Å². The highest BCUT2D eigenvalue weighted by atomic mass is 16.5. The molecule has 2 aliphatic rings. The molecule has 0 fully saturated rings. The Morgan fingerprint density at radius 2 is 2.00 bits per heavy atom. The molecule has 0 saturated heterocycles. The van der Waals surface area contributed by atoms with E-state index in [0.717, 1.165) is 6.08 Å². The van der Waals surface area contributed by atoms with E-state index < -0.39 is 23.4 Å². The fraction of sp³-hybridized carbons (Fsp3) is 0.353. The molecule has 0 amide bonds. The predicted molar refractivity (Wildman–Crippen MR) is 81.6 cm³/mol. The van der Waals surface area contributed by atoms with Gasteiger partial charge in [-0.15, -0.1) is 0 Å². The molecule has 1 atom stereocenters. The van der Waals surface area contributed by atoms with Crippen LogP contribution in [0.5, 0.6) is 17.2 Å². The minimum Gasteiger partial charge on any atom is -0.507 e. The van der Waals surface area contributed by atoms with Crippen LogP contribution in [0.15, 0.2) is 11.8 Å². The lowest BCUT2D eigenvalue weighted by Gasteiger charge is -2.29. The van der Waals surface area contributed by atoms with Crippen LogP contribution in [0.2, 0.25) is 0 Å². The van der Waals surface area contributed by atoms with Crippen molar-refractivity contribution in [2.24, 2.45) is 0 Å². The summed E-state index contributed by atoms with van der Waals surface area (Å²) < 4.78 is 10.5. The number of aromatic hydroxyl groups is 2. The van der Waals surface area contributed by atoms with Crippen molar-refractivity contribution in [2.45, 2.75) is 32.3 Å². The number of Topliss-reactive ketones (excluding diaryl/α,β-unsaturated/α-hetero) is 2. The van der Waals surface area contributed by atoms with Crippen molar-refractivity contribution in [1.29, 1.82) is 0 Å². The third-order valence-corrected chi connectivity index (χ3v) is 4.19. The third kappa shape index (κ3) is 2.33. The summed E-state index contributed by atoms with van der Waals surface area (Å²) in [5.74, 6) is -2.56. The van der Waals surface area contributed by atoms with E-state index >= 15 is 0 Å². The number of rotatable bonds is 3. The summed E-state index contributed by atoms with van der Waals surface area (Å²) in [6, 6.07) is 0. The molecule has 0 saturated carbocycles. The van der Waals surface area contributed by atoms with E-state index in [9.17, 15) is 24.6 Å². The van der Waals surface area contributed by atoms with Crippen LogP contribution in [-0.4, -0.2) is 40.8 Å². The Hall–Kier alpha value is -2.83. The summed E-state index contributed by atoms with van der Waals surface area (Å²) in [7, 11) is 1.23. The molecule has 1 aliphatic carbocycles. The number of phenolic OH excluding ortho intramolecular Hbond substituents is 2. The zero-order valence-electron chi connectivity index (χ0n) is 13.2. The van der Waals surface area contributed by atoms with Crippen molar-refractivity contribution in [2.75, 3.05) is 7.11 Å². The van der Waals surface area contributed by atoms with E-state index in [0.29, 0.717) is 12.8 Å². The van der Waals surface area contributed by atoms with Crippen molar-refractivity contribution in [1.82, 2.24) is 0 Å². The molecule has 1 heterocycles. The van der Waals surface area contributed by atoms with Gasteiger partial charge in [0.15, 0.2) is 23.0 Å². The Morgan fingerprint density at radius 1 is 1.29 bits per heavy atom. The normalized spacial score (nSPS) is 19.1. The maximum Gasteiger partial charge on any atom is 0.232 e. The van der Waals surface area contributed by atoms with Gasteiger partial charge in [-0.3, -0.25) is 14.4 Å². The second kappa shape index (κ2) is 5.67. The van der Waals surface area contributed by atoms with Crippen LogP contribution >= 0.6 is 0 Å². The lowest BCUT2D eigenvalue weighted by atomic mass is 9.86. The molecule has 3 rings (SSSR count). The molecule has 2 N–H and O–H groups in total. The van der Waals surface area contributed by atoms with Crippen molar-refractivity contribution in [3.63, 3.8) is 0 Å². The van der Waals surface area contributed by atoms with E-state index in [-0.39, 0.29) is 46.2 Å². The number of ether oxygens (including phenoxy) is 2. The van der Waals surface area contributed by atoms with Crippen molar-refractivity contribution in [3.05, 3.63) is 28.5 Å². The summed E-state index contributed by atoms with van der Waals surface area (Å²) in [6.07, 6.45) is 1.47. The first-order chi connectivity index (χ1) is 11.3. The molecule has 7 heteroatoms. The van der Waals surface area contributed by atoms with Gasteiger partial charge in [-0.2, -0.15) is 0 Å². The van der Waals surface area contributed by atoms with E-state index in [2.05, 4.69) is 0 Å². The smallest absolute Gasteiger partial charge is 0.232 e. The summed E-state index contributed by atoms with van der Waals surface area (Å²) in [4.78, 5) is 35.9. The summed E-state index contributed by atoms with van der Waals surface area (Å²) in [5, 5.41) is 20.9. The van der Waals surface area contributed by atoms with Crippen LogP contribution in [-0.2, 0) is 16.0 Å². The monoisotopic (exact) mass is 332 g/mol. The van der Waals surface area contributed by atoms with Crippen molar-refractivity contribution in [3.8, 4) is 17.2 Å². The Balaban J connectivity index is 2.15. The fourth-order valence-corrected chi connectivity index (χ4v) is 3.10. The summed E-state index contributed by atoms with van der Waals surface area (Å²) in [5.41, 5.74) is -0.314. The molecular formula is C17H16O7. The van der Waals surface area contributed by atoms with E-state index in [1.54, 1.807) is 0 Å². The molecule has 24 heavy (non-hydrogen) atoms. The molecule has 126 valence electrons. The topological polar surface area (TPSA) is 110 Å². The summed E-state index contributed by atoms with van der Waals surface area (Å²) >= 11 is 0. The molecule has 1 aromatic carbocycles. The molecule has 0 bridgehead atoms. The number of carbonyl (C=O) groups is 3. The van der Waals surface area contributed by atoms with E-state index in [1.165, 1.54) is 14.0 Å². The highest BCUT2D eigenvalue weighted by Crippen LogP contribution is 2.48. The maximum atomic E-state index is 12.4. The zero-order valence-corrected chi connectivity index (χ0v) is 13.2. The Bertz CT molecular complexity index is 804. The minimum atomic E-state index is -0.708. The fourth-order valence-electron chi connectivity index (χ4n) is 3.10. The Kier molecular flexibility index (Phi) is 3.79. The van der Waals surface area contributed by atoms with Crippen LogP contribution in [0, 0.1) is 0 Å². The Labute approximate surface area is 137 Å². The first-order valence-electron chi connectivity index (χ1n) is 7.46. The van der Waals surface area contributed by atoms with Gasteiger partial charge in [-0.1, -0.05) is 0 Å². The van der Waals surface area contributed by atoms with Crippen LogP contribution in [0.3, 0.4) is 0 Å². The summed E-state index contributed by atoms with van der Waals surface area (Å²) in [6.45, 7) is 1.43. The molecular weight excluding hydrogens is 316 g/mol. The number of ketones is 3. The predicted octanol–water partition coefficient (Wildman–Crippen LogP) is 1.68. The number of phenols is 2. The van der Waals surface area contributed by atoms with Gasteiger partial charge in [0.2, 0.25) is 5.78 Å². The van der Waals surface area contributed by atoms with Gasteiger partial charge >= 0.3 is 0 Å². The third-order valence-electron chi connectivity index (χ3n) is 4.19. The van der Waals surface area contributed by atoms with E-state index in [4.69, 9.17) is 9.47 Å². The Morgan fingerprint density at radius 3 is 2.62 bits per heavy atom. The van der Waals surface area contributed by atoms with Crippen LogP contribution < -0.4 is 4.74 Å². The molecule has 1 aromatic rings. The minimum absolute atomic E-state index is 0.0535. The number of allylic oxidation sites excluding steroid dienone is 2. The average molecular weight is 332 g/mol. The maximum absolute atomic E-state index is 12.4. The second-order valence-corrected chi connectivity index (χ2v) is 5.85. The number of hydrogen-bond donors (Lipinski definition) is 2. The number of fused-ring (bicyclic) bond motifs is 2. The van der Waals surface area contributed by atoms with Gasteiger partial charge in [0.25, 0.3) is 0 Å². The highest BCUT2D eigenvalue weighted by molar-refractivity contribution is 6.26. The average Bonchev–Trinajstić information content (AvgIpc) is 2.53.